The van der Waals surface area contributed by atoms with E-state index in [9.17, 15) is 4.79 Å². The zero-order valence-electron chi connectivity index (χ0n) is 10.7. The fourth-order valence-electron chi connectivity index (χ4n) is 1.37. The first-order valence-corrected chi connectivity index (χ1v) is 6.95. The van der Waals surface area contributed by atoms with Gasteiger partial charge in [-0.05, 0) is 24.6 Å². The van der Waals surface area contributed by atoms with Crippen LogP contribution in [0.25, 0.3) is 0 Å². The Hall–Kier alpha value is -1.20. The lowest BCUT2D eigenvalue weighted by atomic mass is 10.2. The Labute approximate surface area is 112 Å². The van der Waals surface area contributed by atoms with Crippen LogP contribution < -0.4 is 10.5 Å². The van der Waals surface area contributed by atoms with E-state index in [4.69, 9.17) is 10.5 Å². The molecule has 5 heteroatoms. The summed E-state index contributed by atoms with van der Waals surface area (Å²) in [5.74, 6) is 1.88. The third-order valence-corrected chi connectivity index (χ3v) is 3.44. The van der Waals surface area contributed by atoms with E-state index in [-0.39, 0.29) is 5.97 Å². The minimum Gasteiger partial charge on any atom is -0.494 e. The summed E-state index contributed by atoms with van der Waals surface area (Å²) < 4.78 is 9.93. The van der Waals surface area contributed by atoms with E-state index < -0.39 is 6.04 Å². The molecule has 1 unspecified atom stereocenters. The van der Waals surface area contributed by atoms with Crippen LogP contribution in [0.2, 0.25) is 0 Å². The van der Waals surface area contributed by atoms with Gasteiger partial charge in [0.25, 0.3) is 0 Å². The van der Waals surface area contributed by atoms with Crippen molar-refractivity contribution < 1.29 is 14.3 Å². The first-order valence-electron chi connectivity index (χ1n) is 5.80. The molecule has 1 rings (SSSR count). The number of rotatable bonds is 7. The van der Waals surface area contributed by atoms with Gasteiger partial charge in [0.1, 0.15) is 11.8 Å². The molecule has 0 bridgehead atoms. The second-order valence-electron chi connectivity index (χ2n) is 3.72. The second-order valence-corrected chi connectivity index (χ2v) is 4.75. The lowest BCUT2D eigenvalue weighted by molar-refractivity contribution is -0.141. The van der Waals surface area contributed by atoms with E-state index in [0.717, 1.165) is 11.5 Å². The predicted octanol–water partition coefficient (Wildman–Crippen LogP) is 1.82. The van der Waals surface area contributed by atoms with Gasteiger partial charge >= 0.3 is 5.97 Å². The Morgan fingerprint density at radius 1 is 1.39 bits per heavy atom. The van der Waals surface area contributed by atoms with E-state index in [1.54, 1.807) is 11.8 Å². The van der Waals surface area contributed by atoms with Gasteiger partial charge in [0, 0.05) is 11.5 Å². The number of thioether (sulfide) groups is 1. The van der Waals surface area contributed by atoms with Crippen molar-refractivity contribution in [2.45, 2.75) is 18.7 Å². The fraction of sp³-hybridized carbons (Fsp3) is 0.462. The number of carbonyl (C=O) groups excluding carboxylic acids is 1. The summed E-state index contributed by atoms with van der Waals surface area (Å²) in [6.45, 7) is 2.63. The van der Waals surface area contributed by atoms with Crippen LogP contribution in [0.4, 0.5) is 0 Å². The number of hydrogen-bond acceptors (Lipinski definition) is 5. The second kappa shape index (κ2) is 8.00. The number of esters is 1. The molecule has 1 aromatic rings. The van der Waals surface area contributed by atoms with Gasteiger partial charge in [-0.3, -0.25) is 4.79 Å². The van der Waals surface area contributed by atoms with Crippen LogP contribution in [-0.4, -0.2) is 31.5 Å². The number of nitrogens with two attached hydrogens (primary N) is 1. The highest BCUT2D eigenvalue weighted by Crippen LogP contribution is 2.17. The van der Waals surface area contributed by atoms with Crippen molar-refractivity contribution in [3.05, 3.63) is 29.8 Å². The van der Waals surface area contributed by atoms with Crippen LogP contribution in [-0.2, 0) is 15.3 Å². The van der Waals surface area contributed by atoms with E-state index in [1.807, 2.05) is 31.2 Å². The molecule has 18 heavy (non-hydrogen) atoms. The first kappa shape index (κ1) is 14.9. The predicted molar refractivity (Wildman–Crippen MR) is 73.8 cm³/mol. The molecule has 100 valence electrons. The molecule has 0 heterocycles. The monoisotopic (exact) mass is 269 g/mol. The molecule has 1 atom stereocenters. The van der Waals surface area contributed by atoms with Crippen LogP contribution in [0.5, 0.6) is 5.75 Å². The fourth-order valence-corrected chi connectivity index (χ4v) is 2.31. The molecule has 4 nitrogen and oxygen atoms in total. The minimum absolute atomic E-state index is 0.366. The van der Waals surface area contributed by atoms with Crippen molar-refractivity contribution in [2.75, 3.05) is 19.5 Å². The van der Waals surface area contributed by atoms with Gasteiger partial charge in [-0.25, -0.2) is 0 Å². The smallest absolute Gasteiger partial charge is 0.323 e. The maximum Gasteiger partial charge on any atom is 0.323 e. The Morgan fingerprint density at radius 2 is 2.06 bits per heavy atom. The summed E-state index contributed by atoms with van der Waals surface area (Å²) >= 11 is 1.61. The third-order valence-electron chi connectivity index (χ3n) is 2.30. The Balaban J connectivity index is 2.33. The first-order chi connectivity index (χ1) is 8.67. The quantitative estimate of drug-likeness (QED) is 0.765. The maximum atomic E-state index is 11.1. The summed E-state index contributed by atoms with van der Waals surface area (Å²) in [6, 6.07) is 7.37. The van der Waals surface area contributed by atoms with E-state index in [1.165, 1.54) is 12.7 Å². The molecular weight excluding hydrogens is 250 g/mol. The van der Waals surface area contributed by atoms with Gasteiger partial charge in [0.2, 0.25) is 0 Å². The zero-order valence-corrected chi connectivity index (χ0v) is 11.5. The molecule has 0 radical (unpaired) electrons. The van der Waals surface area contributed by atoms with Gasteiger partial charge in [0.05, 0.1) is 13.7 Å². The minimum atomic E-state index is -0.553. The molecule has 2 N–H and O–H groups in total. The van der Waals surface area contributed by atoms with Crippen LogP contribution in [0.15, 0.2) is 24.3 Å². The van der Waals surface area contributed by atoms with Crippen LogP contribution in [0, 0.1) is 0 Å². The van der Waals surface area contributed by atoms with Gasteiger partial charge in [-0.2, -0.15) is 11.8 Å². The molecule has 0 aromatic heterocycles. The Bertz CT molecular complexity index is 367. The average molecular weight is 269 g/mol. The molecular formula is C13H19NO3S. The number of methoxy groups -OCH3 is 1. The maximum absolute atomic E-state index is 11.1. The molecule has 0 saturated carbocycles. The highest BCUT2D eigenvalue weighted by molar-refractivity contribution is 7.98. The zero-order chi connectivity index (χ0) is 13.4. The molecule has 0 saturated heterocycles. The number of hydrogen-bond donors (Lipinski definition) is 1. The normalized spacial score (nSPS) is 11.9. The van der Waals surface area contributed by atoms with Crippen molar-refractivity contribution in [3.63, 3.8) is 0 Å². The summed E-state index contributed by atoms with van der Waals surface area (Å²) in [7, 11) is 1.35. The summed E-state index contributed by atoms with van der Waals surface area (Å²) in [4.78, 5) is 11.1. The van der Waals surface area contributed by atoms with Gasteiger partial charge in [0.15, 0.2) is 0 Å². The van der Waals surface area contributed by atoms with Crippen molar-refractivity contribution in [2.24, 2.45) is 5.73 Å². The SMILES string of the molecule is CCOc1ccc(CSCC(N)C(=O)OC)cc1. The number of carbonyl (C=O) groups is 1. The molecule has 0 amide bonds. The van der Waals surface area contributed by atoms with E-state index in [2.05, 4.69) is 4.74 Å². The van der Waals surface area contributed by atoms with Crippen LogP contribution in [0.3, 0.4) is 0 Å². The Morgan fingerprint density at radius 3 is 2.61 bits per heavy atom. The van der Waals surface area contributed by atoms with Crippen molar-refractivity contribution in [1.82, 2.24) is 0 Å². The van der Waals surface area contributed by atoms with Gasteiger partial charge in [-0.1, -0.05) is 12.1 Å². The van der Waals surface area contributed by atoms with Gasteiger partial charge < -0.3 is 15.2 Å². The molecule has 0 aliphatic carbocycles. The lowest BCUT2D eigenvalue weighted by Crippen LogP contribution is -2.33. The number of benzene rings is 1. The van der Waals surface area contributed by atoms with E-state index in [0.29, 0.717) is 12.4 Å². The molecule has 0 fully saturated rings. The van der Waals surface area contributed by atoms with Gasteiger partial charge in [-0.15, -0.1) is 0 Å². The average Bonchev–Trinajstić information content (AvgIpc) is 2.40. The van der Waals surface area contributed by atoms with Crippen molar-refractivity contribution >= 4 is 17.7 Å². The summed E-state index contributed by atoms with van der Waals surface area (Å²) in [5, 5.41) is 0. The van der Waals surface area contributed by atoms with Crippen molar-refractivity contribution in [3.8, 4) is 5.75 Å². The number of ether oxygens (including phenoxy) is 2. The molecule has 0 spiro atoms. The summed E-state index contributed by atoms with van der Waals surface area (Å²) in [6.07, 6.45) is 0. The highest BCUT2D eigenvalue weighted by Gasteiger charge is 2.12. The standard InChI is InChI=1S/C13H19NO3S/c1-3-17-11-6-4-10(5-7-11)8-18-9-12(14)13(15)16-2/h4-7,12H,3,8-9,14H2,1-2H3. The van der Waals surface area contributed by atoms with Crippen LogP contribution >= 0.6 is 11.8 Å². The lowest BCUT2D eigenvalue weighted by Gasteiger charge is -2.09. The molecule has 0 aliphatic rings. The topological polar surface area (TPSA) is 61.5 Å². The largest absolute Gasteiger partial charge is 0.494 e. The summed E-state index contributed by atoms with van der Waals surface area (Å²) in [5.41, 5.74) is 6.82. The Kier molecular flexibility index (Phi) is 6.60. The third kappa shape index (κ3) is 4.98. The van der Waals surface area contributed by atoms with E-state index >= 15 is 0 Å². The molecule has 1 aromatic carbocycles. The molecule has 0 aliphatic heterocycles. The highest BCUT2D eigenvalue weighted by atomic mass is 32.2. The van der Waals surface area contributed by atoms with Crippen LogP contribution in [0.1, 0.15) is 12.5 Å². The van der Waals surface area contributed by atoms with Crippen molar-refractivity contribution in [1.29, 1.82) is 0 Å².